The molecule has 152 valence electrons. The Morgan fingerprint density at radius 2 is 1.79 bits per heavy atom. The van der Waals surface area contributed by atoms with Gasteiger partial charge in [-0.25, -0.2) is 4.83 Å². The van der Waals surface area contributed by atoms with Crippen molar-refractivity contribution < 1.29 is 17.9 Å². The van der Waals surface area contributed by atoms with Crippen molar-refractivity contribution in [2.45, 2.75) is 38.0 Å². The van der Waals surface area contributed by atoms with Crippen LogP contribution in [-0.2, 0) is 15.4 Å². The average molecular weight is 425 g/mol. The minimum absolute atomic E-state index is 0.172. The number of benzene rings is 2. The summed E-state index contributed by atoms with van der Waals surface area (Å²) >= 11 is 6.28. The summed E-state index contributed by atoms with van der Waals surface area (Å²) in [6.45, 7) is 7.83. The molecular weight excluding hydrogens is 400 g/mol. The Morgan fingerprint density at radius 3 is 2.36 bits per heavy atom. The maximum absolute atomic E-state index is 12.7. The number of hydrazone groups is 1. The zero-order valence-corrected chi connectivity index (χ0v) is 18.4. The van der Waals surface area contributed by atoms with Crippen molar-refractivity contribution in [3.63, 3.8) is 0 Å². The Kier molecular flexibility index (Phi) is 6.62. The normalized spacial score (nSPS) is 12.2. The van der Waals surface area contributed by atoms with Gasteiger partial charge in [-0.1, -0.05) is 44.5 Å². The van der Waals surface area contributed by atoms with Crippen LogP contribution in [-0.4, -0.2) is 28.9 Å². The molecule has 0 fully saturated rings. The third-order valence-electron chi connectivity index (χ3n) is 4.24. The zero-order chi connectivity index (χ0) is 21.1. The van der Waals surface area contributed by atoms with E-state index < -0.39 is 10.0 Å². The van der Waals surface area contributed by atoms with Gasteiger partial charge < -0.3 is 9.47 Å². The van der Waals surface area contributed by atoms with E-state index in [9.17, 15) is 8.42 Å². The highest BCUT2D eigenvalue weighted by atomic mass is 35.5. The predicted octanol–water partition coefficient (Wildman–Crippen LogP) is 4.28. The second-order valence-corrected chi connectivity index (χ2v) is 9.29. The van der Waals surface area contributed by atoms with Crippen LogP contribution in [0.15, 0.2) is 40.3 Å². The largest absolute Gasteiger partial charge is 0.493 e. The van der Waals surface area contributed by atoms with Gasteiger partial charge in [-0.3, -0.25) is 0 Å². The van der Waals surface area contributed by atoms with Gasteiger partial charge in [0.15, 0.2) is 11.5 Å². The molecule has 28 heavy (non-hydrogen) atoms. The van der Waals surface area contributed by atoms with Gasteiger partial charge in [0.2, 0.25) is 0 Å². The summed E-state index contributed by atoms with van der Waals surface area (Å²) in [6, 6.07) is 8.73. The van der Waals surface area contributed by atoms with E-state index in [4.69, 9.17) is 21.1 Å². The van der Waals surface area contributed by atoms with Crippen LogP contribution in [0.1, 0.15) is 37.5 Å². The molecule has 2 rings (SSSR count). The van der Waals surface area contributed by atoms with Gasteiger partial charge in [0.05, 0.1) is 30.4 Å². The van der Waals surface area contributed by atoms with Crippen molar-refractivity contribution in [2.24, 2.45) is 5.10 Å². The topological polar surface area (TPSA) is 77.0 Å². The molecule has 1 N–H and O–H groups in total. The van der Waals surface area contributed by atoms with E-state index in [0.29, 0.717) is 22.6 Å². The lowest BCUT2D eigenvalue weighted by molar-refractivity contribution is 0.355. The molecule has 0 radical (unpaired) electrons. The third kappa shape index (κ3) is 4.77. The quantitative estimate of drug-likeness (QED) is 0.554. The Balaban J connectivity index is 2.32. The number of nitrogens with zero attached hydrogens (tertiary/aromatic N) is 1. The molecule has 0 aliphatic heterocycles. The Morgan fingerprint density at radius 1 is 1.11 bits per heavy atom. The second-order valence-electron chi connectivity index (χ2n) is 7.29. The van der Waals surface area contributed by atoms with Crippen LogP contribution >= 0.6 is 11.6 Å². The number of hydrogen-bond donors (Lipinski definition) is 1. The molecule has 0 aliphatic carbocycles. The molecule has 0 aliphatic rings. The highest BCUT2D eigenvalue weighted by molar-refractivity contribution is 7.89. The van der Waals surface area contributed by atoms with Crippen LogP contribution in [0.5, 0.6) is 11.5 Å². The van der Waals surface area contributed by atoms with E-state index in [0.717, 1.165) is 5.56 Å². The van der Waals surface area contributed by atoms with Crippen LogP contribution in [0.4, 0.5) is 0 Å². The lowest BCUT2D eigenvalue weighted by Crippen LogP contribution is -2.21. The number of nitrogens with one attached hydrogen (secondary N) is 1. The molecule has 2 aromatic rings. The van der Waals surface area contributed by atoms with Crippen molar-refractivity contribution >= 4 is 27.8 Å². The average Bonchev–Trinajstić information content (AvgIpc) is 2.61. The Labute approximate surface area is 171 Å². The first-order chi connectivity index (χ1) is 13.0. The number of rotatable bonds is 6. The number of aryl methyl sites for hydroxylation is 1. The van der Waals surface area contributed by atoms with E-state index in [2.05, 4.69) is 9.93 Å². The summed E-state index contributed by atoms with van der Waals surface area (Å²) in [5.74, 6) is 0.824. The molecule has 0 saturated heterocycles. The maximum atomic E-state index is 12.7. The van der Waals surface area contributed by atoms with Gasteiger partial charge in [-0.05, 0) is 41.7 Å². The van der Waals surface area contributed by atoms with Crippen molar-refractivity contribution in [3.8, 4) is 11.5 Å². The van der Waals surface area contributed by atoms with Crippen LogP contribution < -0.4 is 14.3 Å². The van der Waals surface area contributed by atoms with Gasteiger partial charge in [0.25, 0.3) is 10.0 Å². The van der Waals surface area contributed by atoms with E-state index in [-0.39, 0.29) is 15.3 Å². The van der Waals surface area contributed by atoms with Gasteiger partial charge in [-0.15, -0.1) is 0 Å². The lowest BCUT2D eigenvalue weighted by atomic mass is 9.87. The lowest BCUT2D eigenvalue weighted by Gasteiger charge is -2.20. The van der Waals surface area contributed by atoms with Crippen molar-refractivity contribution in [2.75, 3.05) is 14.2 Å². The summed E-state index contributed by atoms with van der Waals surface area (Å²) in [5.41, 5.74) is 1.88. The molecule has 0 aromatic heterocycles. The molecule has 0 heterocycles. The fourth-order valence-corrected chi connectivity index (χ4v) is 3.92. The van der Waals surface area contributed by atoms with E-state index in [1.54, 1.807) is 31.2 Å². The summed E-state index contributed by atoms with van der Waals surface area (Å²) in [5, 5.41) is 4.14. The van der Waals surface area contributed by atoms with Gasteiger partial charge in [0, 0.05) is 5.56 Å². The van der Waals surface area contributed by atoms with Crippen molar-refractivity contribution in [1.29, 1.82) is 0 Å². The predicted molar refractivity (Wildman–Crippen MR) is 112 cm³/mol. The Hall–Kier alpha value is -2.25. The zero-order valence-electron chi connectivity index (χ0n) is 16.8. The molecule has 0 bridgehead atoms. The number of methoxy groups -OCH3 is 2. The second kappa shape index (κ2) is 8.41. The summed E-state index contributed by atoms with van der Waals surface area (Å²) < 4.78 is 35.9. The molecule has 0 saturated carbocycles. The van der Waals surface area contributed by atoms with Gasteiger partial charge >= 0.3 is 0 Å². The highest BCUT2D eigenvalue weighted by Gasteiger charge is 2.21. The monoisotopic (exact) mass is 424 g/mol. The summed E-state index contributed by atoms with van der Waals surface area (Å²) in [4.78, 5) is 2.44. The third-order valence-corrected chi connectivity index (χ3v) is 5.99. The molecular formula is C20H25ClN2O4S. The van der Waals surface area contributed by atoms with Gasteiger partial charge in [-0.2, -0.15) is 13.5 Å². The standard InChI is InChI=1S/C20H25ClN2O4S/c1-13-7-9-15(20(2,3)4)11-17(13)28(24,25)23-22-12-14-8-10-16(26-5)19(27-6)18(14)21/h7-12,23H,1-6H3/b22-12+. The van der Waals surface area contributed by atoms with Crippen LogP contribution in [0.3, 0.4) is 0 Å². The number of hydrogen-bond acceptors (Lipinski definition) is 5. The van der Waals surface area contributed by atoms with Gasteiger partial charge in [0.1, 0.15) is 0 Å². The fourth-order valence-electron chi connectivity index (χ4n) is 2.57. The van der Waals surface area contributed by atoms with E-state index >= 15 is 0 Å². The van der Waals surface area contributed by atoms with E-state index in [1.165, 1.54) is 20.4 Å². The summed E-state index contributed by atoms with van der Waals surface area (Å²) in [7, 11) is -0.858. The Bertz CT molecular complexity index is 996. The van der Waals surface area contributed by atoms with Crippen LogP contribution in [0.2, 0.25) is 5.02 Å². The fraction of sp³-hybridized carbons (Fsp3) is 0.350. The minimum atomic E-state index is -3.83. The molecule has 0 atom stereocenters. The molecule has 6 nitrogen and oxygen atoms in total. The molecule has 0 spiro atoms. The van der Waals surface area contributed by atoms with Crippen LogP contribution in [0, 0.1) is 6.92 Å². The molecule has 0 unspecified atom stereocenters. The number of sulfonamides is 1. The minimum Gasteiger partial charge on any atom is -0.493 e. The molecule has 2 aromatic carbocycles. The van der Waals surface area contributed by atoms with Crippen molar-refractivity contribution in [1.82, 2.24) is 4.83 Å². The summed E-state index contributed by atoms with van der Waals surface area (Å²) in [6.07, 6.45) is 1.32. The highest BCUT2D eigenvalue weighted by Crippen LogP contribution is 2.36. The smallest absolute Gasteiger partial charge is 0.276 e. The number of halogens is 1. The first-order valence-corrected chi connectivity index (χ1v) is 10.4. The molecule has 0 amide bonds. The number of ether oxygens (including phenoxy) is 2. The first-order valence-electron chi connectivity index (χ1n) is 8.57. The SMILES string of the molecule is COc1ccc(/C=N/NS(=O)(=O)c2cc(C(C)(C)C)ccc2C)c(Cl)c1OC. The maximum Gasteiger partial charge on any atom is 0.276 e. The van der Waals surface area contributed by atoms with Crippen molar-refractivity contribution in [3.05, 3.63) is 52.0 Å². The van der Waals surface area contributed by atoms with Crippen LogP contribution in [0.25, 0.3) is 0 Å². The molecule has 8 heteroatoms. The van der Waals surface area contributed by atoms with E-state index in [1.807, 2.05) is 26.8 Å². The first kappa shape index (κ1) is 22.0.